The summed E-state index contributed by atoms with van der Waals surface area (Å²) in [6.07, 6.45) is 8.05. The highest BCUT2D eigenvalue weighted by atomic mass is 16.5. The van der Waals surface area contributed by atoms with E-state index >= 15 is 0 Å². The van der Waals surface area contributed by atoms with Crippen LogP contribution in [-0.4, -0.2) is 42.6 Å². The summed E-state index contributed by atoms with van der Waals surface area (Å²) in [6, 6.07) is 0.457. The van der Waals surface area contributed by atoms with Gasteiger partial charge in [-0.3, -0.25) is 4.79 Å². The Kier molecular flexibility index (Phi) is 5.64. The lowest BCUT2D eigenvalue weighted by Crippen LogP contribution is -2.44. The Morgan fingerprint density at radius 2 is 2.00 bits per heavy atom. The molecule has 4 heteroatoms. The van der Waals surface area contributed by atoms with Gasteiger partial charge in [0.2, 0.25) is 5.91 Å². The summed E-state index contributed by atoms with van der Waals surface area (Å²) < 4.78 is 5.55. The van der Waals surface area contributed by atoms with Crippen molar-refractivity contribution in [3.63, 3.8) is 0 Å². The average Bonchev–Trinajstić information content (AvgIpc) is 2.86. The van der Waals surface area contributed by atoms with Crippen LogP contribution >= 0.6 is 0 Å². The first kappa shape index (κ1) is 14.8. The minimum Gasteiger partial charge on any atom is -0.378 e. The maximum absolute atomic E-state index is 12.4. The summed E-state index contributed by atoms with van der Waals surface area (Å²) in [4.78, 5) is 14.5. The van der Waals surface area contributed by atoms with E-state index in [0.29, 0.717) is 36.9 Å². The molecule has 0 atom stereocenters. The summed E-state index contributed by atoms with van der Waals surface area (Å²) in [5.74, 6) is 0.850. The van der Waals surface area contributed by atoms with Gasteiger partial charge in [-0.1, -0.05) is 12.8 Å². The molecule has 2 aliphatic rings. The second-order valence-corrected chi connectivity index (χ2v) is 5.93. The number of hydrogen-bond donors (Lipinski definition) is 1. The van der Waals surface area contributed by atoms with E-state index in [4.69, 9.17) is 10.5 Å². The average molecular weight is 268 g/mol. The van der Waals surface area contributed by atoms with Crippen LogP contribution in [0.2, 0.25) is 0 Å². The zero-order valence-corrected chi connectivity index (χ0v) is 12.1. The van der Waals surface area contributed by atoms with E-state index in [-0.39, 0.29) is 0 Å². The molecule has 0 aromatic rings. The molecular weight excluding hydrogens is 240 g/mol. The maximum atomic E-state index is 12.4. The predicted octanol–water partition coefficient (Wildman–Crippen LogP) is 1.92. The molecule has 2 N–H and O–H groups in total. The van der Waals surface area contributed by atoms with E-state index in [1.165, 1.54) is 12.8 Å². The fourth-order valence-electron chi connectivity index (χ4n) is 3.44. The van der Waals surface area contributed by atoms with Gasteiger partial charge in [-0.05, 0) is 38.5 Å². The Morgan fingerprint density at radius 1 is 1.32 bits per heavy atom. The van der Waals surface area contributed by atoms with Gasteiger partial charge in [0.15, 0.2) is 0 Å². The van der Waals surface area contributed by atoms with E-state index in [2.05, 4.69) is 4.90 Å². The lowest BCUT2D eigenvalue weighted by molar-refractivity contribution is -0.136. The van der Waals surface area contributed by atoms with Gasteiger partial charge in [0.25, 0.3) is 0 Å². The summed E-state index contributed by atoms with van der Waals surface area (Å²) in [7, 11) is 0. The number of nitrogens with two attached hydrogens (primary N) is 1. The summed E-state index contributed by atoms with van der Waals surface area (Å²) in [5.41, 5.74) is 5.66. The van der Waals surface area contributed by atoms with Gasteiger partial charge >= 0.3 is 0 Å². The molecule has 1 amide bonds. The van der Waals surface area contributed by atoms with Gasteiger partial charge in [-0.2, -0.15) is 0 Å². The van der Waals surface area contributed by atoms with Crippen molar-refractivity contribution in [2.45, 2.75) is 64.0 Å². The molecule has 0 unspecified atom stereocenters. The maximum Gasteiger partial charge on any atom is 0.223 e. The lowest BCUT2D eigenvalue weighted by Gasteiger charge is -2.37. The molecule has 0 heterocycles. The Morgan fingerprint density at radius 3 is 2.58 bits per heavy atom. The van der Waals surface area contributed by atoms with E-state index < -0.39 is 0 Å². The number of hydrogen-bond acceptors (Lipinski definition) is 3. The third-order valence-corrected chi connectivity index (χ3v) is 4.51. The normalized spacial score (nSPS) is 27.3. The van der Waals surface area contributed by atoms with Crippen molar-refractivity contribution < 1.29 is 9.53 Å². The van der Waals surface area contributed by atoms with Crippen LogP contribution in [0.25, 0.3) is 0 Å². The molecule has 110 valence electrons. The topological polar surface area (TPSA) is 55.6 Å². The van der Waals surface area contributed by atoms with Gasteiger partial charge in [0.05, 0.1) is 6.10 Å². The number of carbonyl (C=O) groups excluding carboxylic acids is 1. The second-order valence-electron chi connectivity index (χ2n) is 5.93. The monoisotopic (exact) mass is 268 g/mol. The quantitative estimate of drug-likeness (QED) is 0.767. The van der Waals surface area contributed by atoms with Crippen LogP contribution in [0, 0.1) is 5.92 Å². The van der Waals surface area contributed by atoms with Crippen molar-refractivity contribution in [3.05, 3.63) is 0 Å². The molecule has 4 nitrogen and oxygen atoms in total. The number of carbonyl (C=O) groups is 1. The zero-order valence-electron chi connectivity index (χ0n) is 12.1. The summed E-state index contributed by atoms with van der Waals surface area (Å²) in [6.45, 7) is 4.12. The lowest BCUT2D eigenvalue weighted by atomic mass is 9.79. The van der Waals surface area contributed by atoms with Crippen molar-refractivity contribution in [3.8, 4) is 0 Å². The molecule has 0 aromatic heterocycles. The minimum absolute atomic E-state index is 0.317. The standard InChI is InChI=1S/C15H28N2O2/c1-2-19-14-9-12(10-14)11-15(18)17(8-7-16)13-5-3-4-6-13/h12-14H,2-11,16H2,1H3. The van der Waals surface area contributed by atoms with E-state index in [0.717, 1.165) is 38.8 Å². The first-order valence-corrected chi connectivity index (χ1v) is 7.85. The largest absolute Gasteiger partial charge is 0.378 e. The van der Waals surface area contributed by atoms with Gasteiger partial charge in [0.1, 0.15) is 0 Å². The zero-order chi connectivity index (χ0) is 13.7. The van der Waals surface area contributed by atoms with Gasteiger partial charge < -0.3 is 15.4 Å². The molecule has 2 aliphatic carbocycles. The molecular formula is C15H28N2O2. The van der Waals surface area contributed by atoms with Crippen molar-refractivity contribution in [2.24, 2.45) is 11.7 Å². The summed E-state index contributed by atoms with van der Waals surface area (Å²) in [5, 5.41) is 0. The van der Waals surface area contributed by atoms with Crippen LogP contribution in [0.1, 0.15) is 51.9 Å². The number of amides is 1. The van der Waals surface area contributed by atoms with E-state index in [1.54, 1.807) is 0 Å². The van der Waals surface area contributed by atoms with E-state index in [1.807, 2.05) is 6.92 Å². The Hall–Kier alpha value is -0.610. The first-order chi connectivity index (χ1) is 9.24. The van der Waals surface area contributed by atoms with Crippen molar-refractivity contribution in [1.29, 1.82) is 0 Å². The molecule has 0 saturated heterocycles. The summed E-state index contributed by atoms with van der Waals surface area (Å²) >= 11 is 0. The van der Waals surface area contributed by atoms with Crippen molar-refractivity contribution in [1.82, 2.24) is 4.90 Å². The smallest absolute Gasteiger partial charge is 0.223 e. The number of nitrogens with zero attached hydrogens (tertiary/aromatic N) is 1. The fraction of sp³-hybridized carbons (Fsp3) is 0.933. The highest BCUT2D eigenvalue weighted by Gasteiger charge is 2.34. The van der Waals surface area contributed by atoms with Crippen LogP contribution in [0.3, 0.4) is 0 Å². The number of rotatable bonds is 7. The Labute approximate surface area is 116 Å². The third kappa shape index (κ3) is 3.93. The SMILES string of the molecule is CCOC1CC(CC(=O)N(CCN)C2CCCC2)C1. The molecule has 0 bridgehead atoms. The highest BCUT2D eigenvalue weighted by molar-refractivity contribution is 5.77. The molecule has 0 aromatic carbocycles. The molecule has 2 fully saturated rings. The van der Waals surface area contributed by atoms with Gasteiger partial charge in [-0.25, -0.2) is 0 Å². The molecule has 19 heavy (non-hydrogen) atoms. The van der Waals surface area contributed by atoms with Crippen LogP contribution in [0.4, 0.5) is 0 Å². The predicted molar refractivity (Wildman–Crippen MR) is 75.8 cm³/mol. The van der Waals surface area contributed by atoms with Crippen LogP contribution < -0.4 is 5.73 Å². The second kappa shape index (κ2) is 7.25. The molecule has 2 rings (SSSR count). The number of ether oxygens (including phenoxy) is 1. The van der Waals surface area contributed by atoms with Crippen LogP contribution in [0.5, 0.6) is 0 Å². The molecule has 0 radical (unpaired) electrons. The van der Waals surface area contributed by atoms with Gasteiger partial charge in [0, 0.05) is 32.2 Å². The Balaban J connectivity index is 1.76. The van der Waals surface area contributed by atoms with Gasteiger partial charge in [-0.15, -0.1) is 0 Å². The van der Waals surface area contributed by atoms with Crippen molar-refractivity contribution in [2.75, 3.05) is 19.7 Å². The molecule has 0 spiro atoms. The Bertz CT molecular complexity index is 284. The van der Waals surface area contributed by atoms with Crippen LogP contribution in [-0.2, 0) is 9.53 Å². The fourth-order valence-corrected chi connectivity index (χ4v) is 3.44. The molecule has 2 saturated carbocycles. The minimum atomic E-state index is 0.317. The van der Waals surface area contributed by atoms with Crippen LogP contribution in [0.15, 0.2) is 0 Å². The first-order valence-electron chi connectivity index (χ1n) is 7.85. The third-order valence-electron chi connectivity index (χ3n) is 4.51. The highest BCUT2D eigenvalue weighted by Crippen LogP contribution is 2.34. The van der Waals surface area contributed by atoms with Crippen molar-refractivity contribution >= 4 is 5.91 Å². The molecule has 0 aliphatic heterocycles. The van der Waals surface area contributed by atoms with E-state index in [9.17, 15) is 4.79 Å².